The molecule has 0 N–H and O–H groups in total. The Morgan fingerprint density at radius 2 is 2.20 bits per heavy atom. The van der Waals surface area contributed by atoms with Crippen LogP contribution in [0.25, 0.3) is 0 Å². The van der Waals surface area contributed by atoms with Gasteiger partial charge in [0.05, 0.1) is 18.1 Å². The largest absolute Gasteiger partial charge is 0.465 e. The number of carbonyl (C=O) groups is 1. The molecule has 0 heterocycles. The predicted molar refractivity (Wildman–Crippen MR) is 58.6 cm³/mol. The van der Waals surface area contributed by atoms with Gasteiger partial charge in [0.2, 0.25) is 0 Å². The van der Waals surface area contributed by atoms with Crippen LogP contribution in [0.5, 0.6) is 0 Å². The van der Waals surface area contributed by atoms with E-state index >= 15 is 0 Å². The van der Waals surface area contributed by atoms with Gasteiger partial charge >= 0.3 is 5.97 Å². The number of hydrogen-bond acceptors (Lipinski definition) is 3. The molecular weight excluding hydrogens is 192 g/mol. The van der Waals surface area contributed by atoms with E-state index in [1.807, 2.05) is 20.8 Å². The molecule has 0 aromatic heterocycles. The third-order valence-corrected chi connectivity index (χ3v) is 3.17. The van der Waals surface area contributed by atoms with E-state index in [-0.39, 0.29) is 12.1 Å². The van der Waals surface area contributed by atoms with Crippen LogP contribution < -0.4 is 0 Å². The van der Waals surface area contributed by atoms with Crippen molar-refractivity contribution >= 4 is 5.97 Å². The van der Waals surface area contributed by atoms with Gasteiger partial charge in [0, 0.05) is 7.11 Å². The van der Waals surface area contributed by atoms with Crippen molar-refractivity contribution in [2.45, 2.75) is 46.1 Å². The van der Waals surface area contributed by atoms with E-state index in [1.165, 1.54) is 0 Å². The summed E-state index contributed by atoms with van der Waals surface area (Å²) in [5.41, 5.74) is -0.427. The van der Waals surface area contributed by atoms with E-state index in [0.717, 1.165) is 19.3 Å². The fourth-order valence-corrected chi connectivity index (χ4v) is 2.15. The molecule has 0 saturated heterocycles. The van der Waals surface area contributed by atoms with Gasteiger partial charge in [0.1, 0.15) is 0 Å². The molecule has 2 atom stereocenters. The first-order chi connectivity index (χ1) is 7.00. The minimum atomic E-state index is -0.427. The number of rotatable bonds is 4. The van der Waals surface area contributed by atoms with Gasteiger partial charge in [0.25, 0.3) is 0 Å². The molecule has 0 radical (unpaired) electrons. The van der Waals surface area contributed by atoms with Gasteiger partial charge in [-0.3, -0.25) is 4.79 Å². The summed E-state index contributed by atoms with van der Waals surface area (Å²) in [5, 5.41) is 0. The van der Waals surface area contributed by atoms with Crippen molar-refractivity contribution in [1.29, 1.82) is 0 Å². The number of esters is 1. The number of methoxy groups -OCH3 is 1. The topological polar surface area (TPSA) is 35.5 Å². The Bertz CT molecular complexity index is 225. The SMILES string of the molecule is COC1CCCC1(C)C(=O)OCC(C)C. The lowest BCUT2D eigenvalue weighted by Gasteiger charge is -2.28. The molecule has 1 saturated carbocycles. The number of carbonyl (C=O) groups excluding carboxylic acids is 1. The standard InChI is InChI=1S/C12H22O3/c1-9(2)8-15-11(13)12(3)7-5-6-10(12)14-4/h9-10H,5-8H2,1-4H3. The maximum atomic E-state index is 11.9. The lowest BCUT2D eigenvalue weighted by Crippen LogP contribution is -2.38. The molecule has 1 rings (SSSR count). The van der Waals surface area contributed by atoms with Crippen LogP contribution in [-0.4, -0.2) is 25.8 Å². The van der Waals surface area contributed by atoms with Gasteiger partial charge in [-0.1, -0.05) is 13.8 Å². The van der Waals surface area contributed by atoms with Crippen molar-refractivity contribution in [3.63, 3.8) is 0 Å². The van der Waals surface area contributed by atoms with Crippen molar-refractivity contribution in [3.05, 3.63) is 0 Å². The number of ether oxygens (including phenoxy) is 2. The second kappa shape index (κ2) is 4.97. The Morgan fingerprint density at radius 3 is 2.73 bits per heavy atom. The van der Waals surface area contributed by atoms with Gasteiger partial charge in [-0.05, 0) is 32.1 Å². The molecule has 0 amide bonds. The molecule has 1 fully saturated rings. The van der Waals surface area contributed by atoms with Gasteiger partial charge in [-0.2, -0.15) is 0 Å². The molecule has 3 nitrogen and oxygen atoms in total. The van der Waals surface area contributed by atoms with Gasteiger partial charge < -0.3 is 9.47 Å². The minimum Gasteiger partial charge on any atom is -0.465 e. The van der Waals surface area contributed by atoms with Crippen LogP contribution in [-0.2, 0) is 14.3 Å². The third kappa shape index (κ3) is 2.71. The van der Waals surface area contributed by atoms with Crippen LogP contribution in [0.15, 0.2) is 0 Å². The smallest absolute Gasteiger partial charge is 0.314 e. The normalized spacial score (nSPS) is 30.9. The molecule has 88 valence electrons. The zero-order valence-electron chi connectivity index (χ0n) is 10.2. The molecule has 1 aliphatic carbocycles. The fourth-order valence-electron chi connectivity index (χ4n) is 2.15. The van der Waals surface area contributed by atoms with Crippen LogP contribution >= 0.6 is 0 Å². The second-order valence-corrected chi connectivity index (χ2v) is 5.03. The second-order valence-electron chi connectivity index (χ2n) is 5.03. The monoisotopic (exact) mass is 214 g/mol. The molecule has 0 aliphatic heterocycles. The summed E-state index contributed by atoms with van der Waals surface area (Å²) in [6.07, 6.45) is 2.91. The predicted octanol–water partition coefficient (Wildman–Crippen LogP) is 2.39. The highest BCUT2D eigenvalue weighted by atomic mass is 16.5. The van der Waals surface area contributed by atoms with Crippen molar-refractivity contribution in [2.75, 3.05) is 13.7 Å². The highest BCUT2D eigenvalue weighted by molar-refractivity contribution is 5.77. The zero-order chi connectivity index (χ0) is 11.5. The minimum absolute atomic E-state index is 0.0252. The van der Waals surface area contributed by atoms with Gasteiger partial charge in [-0.25, -0.2) is 0 Å². The van der Waals surface area contributed by atoms with Crippen molar-refractivity contribution in [2.24, 2.45) is 11.3 Å². The van der Waals surface area contributed by atoms with E-state index in [0.29, 0.717) is 12.5 Å². The van der Waals surface area contributed by atoms with E-state index < -0.39 is 5.41 Å². The Hall–Kier alpha value is -0.570. The van der Waals surface area contributed by atoms with Crippen LogP contribution in [0.3, 0.4) is 0 Å². The summed E-state index contributed by atoms with van der Waals surface area (Å²) in [7, 11) is 1.67. The maximum Gasteiger partial charge on any atom is 0.314 e. The first-order valence-electron chi connectivity index (χ1n) is 5.70. The van der Waals surface area contributed by atoms with Crippen molar-refractivity contribution < 1.29 is 14.3 Å². The van der Waals surface area contributed by atoms with Gasteiger partial charge in [-0.15, -0.1) is 0 Å². The first-order valence-corrected chi connectivity index (χ1v) is 5.70. The molecule has 15 heavy (non-hydrogen) atoms. The molecule has 1 aliphatic rings. The van der Waals surface area contributed by atoms with Gasteiger partial charge in [0.15, 0.2) is 0 Å². The zero-order valence-corrected chi connectivity index (χ0v) is 10.2. The molecule has 0 spiro atoms. The summed E-state index contributed by atoms with van der Waals surface area (Å²) in [5.74, 6) is 0.292. The average Bonchev–Trinajstić information content (AvgIpc) is 2.57. The summed E-state index contributed by atoms with van der Waals surface area (Å²) < 4.78 is 10.7. The lowest BCUT2D eigenvalue weighted by atomic mass is 9.86. The van der Waals surface area contributed by atoms with Crippen molar-refractivity contribution in [3.8, 4) is 0 Å². The lowest BCUT2D eigenvalue weighted by molar-refractivity contribution is -0.162. The van der Waals surface area contributed by atoms with Crippen LogP contribution in [0.4, 0.5) is 0 Å². The van der Waals surface area contributed by atoms with Crippen molar-refractivity contribution in [1.82, 2.24) is 0 Å². The first kappa shape index (κ1) is 12.5. The molecule has 0 aromatic carbocycles. The Labute approximate surface area is 92.1 Å². The van der Waals surface area contributed by atoms with Crippen LogP contribution in [0.1, 0.15) is 40.0 Å². The van der Waals surface area contributed by atoms with Crippen LogP contribution in [0.2, 0.25) is 0 Å². The molecular formula is C12H22O3. The highest BCUT2D eigenvalue weighted by Crippen LogP contribution is 2.40. The van der Waals surface area contributed by atoms with E-state index in [9.17, 15) is 4.79 Å². The van der Waals surface area contributed by atoms with E-state index in [1.54, 1.807) is 7.11 Å². The quantitative estimate of drug-likeness (QED) is 0.674. The Balaban J connectivity index is 2.56. The Kier molecular flexibility index (Phi) is 4.14. The molecule has 0 bridgehead atoms. The summed E-state index contributed by atoms with van der Waals surface area (Å²) in [6.45, 7) is 6.54. The summed E-state index contributed by atoms with van der Waals surface area (Å²) in [6, 6.07) is 0. The van der Waals surface area contributed by atoms with E-state index in [4.69, 9.17) is 9.47 Å². The number of hydrogen-bond donors (Lipinski definition) is 0. The summed E-state index contributed by atoms with van der Waals surface area (Å²) in [4.78, 5) is 11.9. The summed E-state index contributed by atoms with van der Waals surface area (Å²) >= 11 is 0. The van der Waals surface area contributed by atoms with Crippen LogP contribution in [0, 0.1) is 11.3 Å². The Morgan fingerprint density at radius 1 is 1.53 bits per heavy atom. The molecule has 2 unspecified atom stereocenters. The fraction of sp³-hybridized carbons (Fsp3) is 0.917. The third-order valence-electron chi connectivity index (χ3n) is 3.17. The molecule has 3 heteroatoms. The molecule has 0 aromatic rings. The average molecular weight is 214 g/mol. The maximum absolute atomic E-state index is 11.9. The highest BCUT2D eigenvalue weighted by Gasteiger charge is 2.46. The van der Waals surface area contributed by atoms with E-state index in [2.05, 4.69) is 0 Å².